The van der Waals surface area contributed by atoms with E-state index in [1.807, 2.05) is 0 Å². The predicted molar refractivity (Wildman–Crippen MR) is 84.9 cm³/mol. The Morgan fingerprint density at radius 3 is 2.36 bits per heavy atom. The average Bonchev–Trinajstić information content (AvgIpc) is 2.55. The first-order valence-electron chi connectivity index (χ1n) is 7.19. The van der Waals surface area contributed by atoms with E-state index in [0.717, 1.165) is 11.6 Å². The van der Waals surface area contributed by atoms with Gasteiger partial charge in [-0.15, -0.1) is 0 Å². The summed E-state index contributed by atoms with van der Waals surface area (Å²) in [6.45, 7) is -2.84. The van der Waals surface area contributed by atoms with Crippen LogP contribution in [0, 0.1) is 5.82 Å². The monoisotopic (exact) mass is 375 g/mol. The van der Waals surface area contributed by atoms with Gasteiger partial charge in [0.2, 0.25) is 10.0 Å². The Kier molecular flexibility index (Phi) is 6.27. The summed E-state index contributed by atoms with van der Waals surface area (Å²) in [5.74, 6) is -0.807. The molecule has 1 N–H and O–H groups in total. The molecule has 0 heterocycles. The number of ether oxygens (including phenoxy) is 2. The first-order chi connectivity index (χ1) is 11.8. The van der Waals surface area contributed by atoms with Gasteiger partial charge in [0.05, 0.1) is 12.0 Å². The standard InChI is InChI=1S/C16H16F3NO4S/c1-23-15-7-6-13(10-14(15)17)25(21,22)20-9-8-11-2-4-12(5-3-11)24-16(18)19/h2-7,10,16,20H,8-9H2,1H3. The number of rotatable bonds is 8. The lowest BCUT2D eigenvalue weighted by Crippen LogP contribution is -2.26. The Balaban J connectivity index is 1.95. The normalized spacial score (nSPS) is 11.6. The van der Waals surface area contributed by atoms with Gasteiger partial charge in [-0.1, -0.05) is 12.1 Å². The molecule has 0 fully saturated rings. The van der Waals surface area contributed by atoms with Gasteiger partial charge in [0, 0.05) is 6.54 Å². The minimum Gasteiger partial charge on any atom is -0.494 e. The van der Waals surface area contributed by atoms with Crippen molar-refractivity contribution >= 4 is 10.0 Å². The van der Waals surface area contributed by atoms with Gasteiger partial charge in [-0.25, -0.2) is 17.5 Å². The van der Waals surface area contributed by atoms with Crippen molar-refractivity contribution in [3.8, 4) is 11.5 Å². The molecule has 136 valence electrons. The molecule has 2 aromatic rings. The molecule has 0 atom stereocenters. The minimum absolute atomic E-state index is 0.0213. The Labute approximate surface area is 143 Å². The molecule has 0 bridgehead atoms. The van der Waals surface area contributed by atoms with Crippen LogP contribution >= 0.6 is 0 Å². The summed E-state index contributed by atoms with van der Waals surface area (Å²) in [6.07, 6.45) is 0.326. The van der Waals surface area contributed by atoms with Crippen LogP contribution in [0.4, 0.5) is 13.2 Å². The second-order valence-electron chi connectivity index (χ2n) is 4.97. The maximum atomic E-state index is 13.6. The van der Waals surface area contributed by atoms with E-state index in [1.165, 1.54) is 31.4 Å². The first-order valence-corrected chi connectivity index (χ1v) is 8.67. The van der Waals surface area contributed by atoms with Crippen LogP contribution in [0.25, 0.3) is 0 Å². The molecule has 0 radical (unpaired) electrons. The number of sulfonamides is 1. The van der Waals surface area contributed by atoms with Gasteiger partial charge in [0.25, 0.3) is 0 Å². The van der Waals surface area contributed by atoms with E-state index in [1.54, 1.807) is 12.1 Å². The molecule has 9 heteroatoms. The molecular weight excluding hydrogens is 359 g/mol. The van der Waals surface area contributed by atoms with E-state index in [9.17, 15) is 21.6 Å². The van der Waals surface area contributed by atoms with Gasteiger partial charge in [-0.05, 0) is 42.3 Å². The Morgan fingerprint density at radius 1 is 1.12 bits per heavy atom. The summed E-state index contributed by atoms with van der Waals surface area (Å²) in [5, 5.41) is 0. The third-order valence-electron chi connectivity index (χ3n) is 3.29. The fourth-order valence-electron chi connectivity index (χ4n) is 2.06. The SMILES string of the molecule is COc1ccc(S(=O)(=O)NCCc2ccc(OC(F)F)cc2)cc1F. The fraction of sp³-hybridized carbons (Fsp3) is 0.250. The Bertz CT molecular complexity index is 811. The highest BCUT2D eigenvalue weighted by Gasteiger charge is 2.16. The highest BCUT2D eigenvalue weighted by Crippen LogP contribution is 2.20. The van der Waals surface area contributed by atoms with Crippen LogP contribution in [0.15, 0.2) is 47.4 Å². The molecule has 25 heavy (non-hydrogen) atoms. The average molecular weight is 375 g/mol. The Morgan fingerprint density at radius 2 is 1.80 bits per heavy atom. The van der Waals surface area contributed by atoms with Crippen LogP contribution in [-0.4, -0.2) is 28.7 Å². The third-order valence-corrected chi connectivity index (χ3v) is 4.75. The van der Waals surface area contributed by atoms with Crippen molar-refractivity contribution in [1.82, 2.24) is 4.72 Å². The van der Waals surface area contributed by atoms with Gasteiger partial charge in [0.15, 0.2) is 11.6 Å². The van der Waals surface area contributed by atoms with Crippen molar-refractivity contribution < 1.29 is 31.1 Å². The summed E-state index contributed by atoms with van der Waals surface area (Å²) in [5.41, 5.74) is 0.727. The largest absolute Gasteiger partial charge is 0.494 e. The van der Waals surface area contributed by atoms with E-state index in [-0.39, 0.29) is 22.9 Å². The molecule has 0 aliphatic heterocycles. The molecule has 0 unspecified atom stereocenters. The molecule has 5 nitrogen and oxygen atoms in total. The number of alkyl halides is 2. The van der Waals surface area contributed by atoms with Gasteiger partial charge in [-0.2, -0.15) is 8.78 Å². The zero-order valence-corrected chi connectivity index (χ0v) is 14.0. The predicted octanol–water partition coefficient (Wildman–Crippen LogP) is 2.96. The fourth-order valence-corrected chi connectivity index (χ4v) is 3.11. The number of hydrogen-bond acceptors (Lipinski definition) is 4. The van der Waals surface area contributed by atoms with Crippen molar-refractivity contribution in [1.29, 1.82) is 0 Å². The topological polar surface area (TPSA) is 64.6 Å². The van der Waals surface area contributed by atoms with Crippen LogP contribution in [0.5, 0.6) is 11.5 Å². The molecule has 0 spiro atoms. The smallest absolute Gasteiger partial charge is 0.387 e. The second kappa shape index (κ2) is 8.21. The van der Waals surface area contributed by atoms with Gasteiger partial charge in [0.1, 0.15) is 5.75 Å². The van der Waals surface area contributed by atoms with Crippen LogP contribution in [0.2, 0.25) is 0 Å². The molecule has 2 rings (SSSR count). The summed E-state index contributed by atoms with van der Waals surface area (Å²) in [7, 11) is -2.59. The minimum atomic E-state index is -3.87. The van der Waals surface area contributed by atoms with Crippen molar-refractivity contribution in [2.45, 2.75) is 17.9 Å². The van der Waals surface area contributed by atoms with Crippen molar-refractivity contribution in [2.75, 3.05) is 13.7 Å². The number of nitrogens with one attached hydrogen (secondary N) is 1. The van der Waals surface area contributed by atoms with E-state index in [2.05, 4.69) is 9.46 Å². The highest BCUT2D eigenvalue weighted by molar-refractivity contribution is 7.89. The quantitative estimate of drug-likeness (QED) is 0.771. The molecular formula is C16H16F3NO4S. The van der Waals surface area contributed by atoms with Crippen LogP contribution in [0.1, 0.15) is 5.56 Å². The van der Waals surface area contributed by atoms with Crippen LogP contribution < -0.4 is 14.2 Å². The zero-order chi connectivity index (χ0) is 18.4. The number of hydrogen-bond donors (Lipinski definition) is 1. The van der Waals surface area contributed by atoms with Crippen molar-refractivity contribution in [3.63, 3.8) is 0 Å². The van der Waals surface area contributed by atoms with Crippen molar-refractivity contribution in [3.05, 3.63) is 53.8 Å². The molecule has 0 aromatic heterocycles. The summed E-state index contributed by atoms with van der Waals surface area (Å²) < 4.78 is 73.3. The number of halogens is 3. The second-order valence-corrected chi connectivity index (χ2v) is 6.73. The lowest BCUT2D eigenvalue weighted by Gasteiger charge is -2.09. The van der Waals surface area contributed by atoms with E-state index >= 15 is 0 Å². The van der Waals surface area contributed by atoms with Gasteiger partial charge < -0.3 is 9.47 Å². The summed E-state index contributed by atoms with van der Waals surface area (Å²) in [6, 6.07) is 9.19. The summed E-state index contributed by atoms with van der Waals surface area (Å²) in [4.78, 5) is -0.216. The lowest BCUT2D eigenvalue weighted by molar-refractivity contribution is -0.0498. The lowest BCUT2D eigenvalue weighted by atomic mass is 10.1. The van der Waals surface area contributed by atoms with E-state index < -0.39 is 22.5 Å². The Hall–Kier alpha value is -2.26. The van der Waals surface area contributed by atoms with Crippen molar-refractivity contribution in [2.24, 2.45) is 0 Å². The van der Waals surface area contributed by atoms with Gasteiger partial charge >= 0.3 is 6.61 Å². The maximum absolute atomic E-state index is 13.6. The molecule has 0 saturated heterocycles. The van der Waals surface area contributed by atoms with Crippen LogP contribution in [0.3, 0.4) is 0 Å². The number of methoxy groups -OCH3 is 1. The third kappa shape index (κ3) is 5.36. The highest BCUT2D eigenvalue weighted by atomic mass is 32.2. The van der Waals surface area contributed by atoms with Gasteiger partial charge in [-0.3, -0.25) is 0 Å². The van der Waals surface area contributed by atoms with Crippen LogP contribution in [-0.2, 0) is 16.4 Å². The first kappa shape index (κ1) is 19.1. The maximum Gasteiger partial charge on any atom is 0.387 e. The van der Waals surface area contributed by atoms with E-state index in [4.69, 9.17) is 4.74 Å². The molecule has 2 aromatic carbocycles. The number of benzene rings is 2. The molecule has 0 aliphatic rings. The molecule has 0 saturated carbocycles. The summed E-state index contributed by atoms with van der Waals surface area (Å²) >= 11 is 0. The molecule has 0 amide bonds. The van der Waals surface area contributed by atoms with E-state index in [0.29, 0.717) is 6.42 Å². The zero-order valence-electron chi connectivity index (χ0n) is 13.2. The molecule has 0 aliphatic carbocycles.